The lowest BCUT2D eigenvalue weighted by Crippen LogP contribution is -2.33. The highest BCUT2D eigenvalue weighted by atomic mass is 32.2. The molecule has 1 aliphatic heterocycles. The number of hydrogen-bond donors (Lipinski definition) is 2. The monoisotopic (exact) mass is 359 g/mol. The minimum atomic E-state index is -0.993. The van der Waals surface area contributed by atoms with Crippen LogP contribution in [0.5, 0.6) is 0 Å². The number of aliphatic hydroxyl groups is 1. The zero-order valence-electron chi connectivity index (χ0n) is 14.4. The van der Waals surface area contributed by atoms with E-state index in [2.05, 4.69) is 6.92 Å². The lowest BCUT2D eigenvalue weighted by molar-refractivity contribution is -0.141. The Morgan fingerprint density at radius 3 is 2.92 bits per heavy atom. The molecular weight excluding hydrogens is 330 g/mol. The van der Waals surface area contributed by atoms with Gasteiger partial charge in [-0.15, -0.1) is 11.8 Å². The Labute approximate surface area is 148 Å². The Kier molecular flexibility index (Phi) is 10.8. The van der Waals surface area contributed by atoms with Crippen LogP contribution in [0.15, 0.2) is 12.2 Å². The van der Waals surface area contributed by atoms with Gasteiger partial charge in [-0.2, -0.15) is 0 Å². The molecule has 2 N–H and O–H groups in total. The van der Waals surface area contributed by atoms with Gasteiger partial charge in [-0.1, -0.05) is 38.3 Å². The number of hydrogen-bond acceptors (Lipinski definition) is 5. The second-order valence-corrected chi connectivity index (χ2v) is 7.09. The Bertz CT molecular complexity index is 416. The van der Waals surface area contributed by atoms with Crippen molar-refractivity contribution in [2.24, 2.45) is 0 Å². The fourth-order valence-corrected chi connectivity index (χ4v) is 3.73. The molecule has 0 bridgehead atoms. The molecule has 1 heterocycles. The third-order valence-electron chi connectivity index (χ3n) is 3.86. The molecule has 7 heteroatoms. The van der Waals surface area contributed by atoms with E-state index in [9.17, 15) is 14.7 Å². The number of unbranched alkanes of at least 4 members (excludes halogenated alkanes) is 2. The van der Waals surface area contributed by atoms with Crippen LogP contribution in [-0.2, 0) is 14.3 Å². The Morgan fingerprint density at radius 2 is 2.21 bits per heavy atom. The van der Waals surface area contributed by atoms with Gasteiger partial charge in [0.2, 0.25) is 5.91 Å². The molecule has 24 heavy (non-hydrogen) atoms. The minimum absolute atomic E-state index is 0.113. The topological polar surface area (TPSA) is 87.1 Å². The molecule has 1 rings (SSSR count). The Balaban J connectivity index is 2.27. The van der Waals surface area contributed by atoms with Gasteiger partial charge in [-0.25, -0.2) is 4.79 Å². The molecule has 1 fully saturated rings. The van der Waals surface area contributed by atoms with Gasteiger partial charge in [-0.3, -0.25) is 4.79 Å². The molecule has 0 aliphatic carbocycles. The lowest BCUT2D eigenvalue weighted by atomic mass is 10.1. The van der Waals surface area contributed by atoms with E-state index in [4.69, 9.17) is 9.84 Å². The predicted octanol–water partition coefficient (Wildman–Crippen LogP) is 2.27. The molecule has 1 aliphatic rings. The highest BCUT2D eigenvalue weighted by Gasteiger charge is 2.30. The van der Waals surface area contributed by atoms with Crippen molar-refractivity contribution in [3.8, 4) is 0 Å². The van der Waals surface area contributed by atoms with Crippen LogP contribution in [0.1, 0.15) is 45.4 Å². The van der Waals surface area contributed by atoms with Gasteiger partial charge < -0.3 is 19.8 Å². The van der Waals surface area contributed by atoms with Crippen LogP contribution in [0.25, 0.3) is 0 Å². The molecule has 0 aromatic heterocycles. The summed E-state index contributed by atoms with van der Waals surface area (Å²) in [5.41, 5.74) is 0. The van der Waals surface area contributed by atoms with Gasteiger partial charge in [0, 0.05) is 6.54 Å². The summed E-state index contributed by atoms with van der Waals surface area (Å²) in [6, 6.07) is 0. The van der Waals surface area contributed by atoms with E-state index in [1.54, 1.807) is 17.8 Å². The van der Waals surface area contributed by atoms with Crippen LogP contribution in [0.4, 0.5) is 0 Å². The van der Waals surface area contributed by atoms with Crippen molar-refractivity contribution in [3.05, 3.63) is 12.2 Å². The average Bonchev–Trinajstić information content (AvgIpc) is 2.89. The summed E-state index contributed by atoms with van der Waals surface area (Å²) in [5.74, 6) is -0.395. The van der Waals surface area contributed by atoms with Gasteiger partial charge in [-0.05, 0) is 19.3 Å². The van der Waals surface area contributed by atoms with E-state index >= 15 is 0 Å². The second-order valence-electron chi connectivity index (χ2n) is 5.92. The van der Waals surface area contributed by atoms with E-state index in [-0.39, 0.29) is 30.6 Å². The first-order valence-corrected chi connectivity index (χ1v) is 9.63. The third kappa shape index (κ3) is 8.70. The quantitative estimate of drug-likeness (QED) is 0.387. The van der Waals surface area contributed by atoms with Crippen molar-refractivity contribution in [3.63, 3.8) is 0 Å². The number of carboxylic acids is 1. The zero-order chi connectivity index (χ0) is 17.8. The van der Waals surface area contributed by atoms with Crippen LogP contribution in [0.2, 0.25) is 0 Å². The second kappa shape index (κ2) is 12.3. The van der Waals surface area contributed by atoms with Gasteiger partial charge in [0.05, 0.1) is 23.8 Å². The molecule has 2 atom stereocenters. The number of rotatable bonds is 13. The maximum absolute atomic E-state index is 11.9. The van der Waals surface area contributed by atoms with E-state index in [1.807, 2.05) is 11.0 Å². The molecule has 0 spiro atoms. The number of carbonyl (C=O) groups is 2. The van der Waals surface area contributed by atoms with E-state index in [1.165, 1.54) is 0 Å². The van der Waals surface area contributed by atoms with Crippen LogP contribution < -0.4 is 0 Å². The molecule has 0 radical (unpaired) electrons. The molecule has 6 nitrogen and oxygen atoms in total. The van der Waals surface area contributed by atoms with E-state index in [0.717, 1.165) is 38.5 Å². The maximum Gasteiger partial charge on any atom is 0.329 e. The maximum atomic E-state index is 11.9. The summed E-state index contributed by atoms with van der Waals surface area (Å²) in [4.78, 5) is 24.1. The normalized spacial score (nSPS) is 19.3. The minimum Gasteiger partial charge on any atom is -0.480 e. The molecule has 1 saturated heterocycles. The number of ether oxygens (including phenoxy) is 1. The van der Waals surface area contributed by atoms with Gasteiger partial charge in [0.25, 0.3) is 0 Å². The number of aliphatic hydroxyl groups excluding tert-OH is 1. The van der Waals surface area contributed by atoms with Crippen LogP contribution >= 0.6 is 11.8 Å². The Morgan fingerprint density at radius 1 is 1.42 bits per heavy atom. The fraction of sp³-hybridized carbons (Fsp3) is 0.765. The molecule has 0 saturated carbocycles. The number of thioether (sulfide) groups is 1. The zero-order valence-corrected chi connectivity index (χ0v) is 15.2. The predicted molar refractivity (Wildman–Crippen MR) is 94.9 cm³/mol. The summed E-state index contributed by atoms with van der Waals surface area (Å²) in [7, 11) is 0. The fourth-order valence-electron chi connectivity index (χ4n) is 2.54. The lowest BCUT2D eigenvalue weighted by Gasteiger charge is -2.23. The average molecular weight is 359 g/mol. The number of aliphatic carboxylic acids is 1. The van der Waals surface area contributed by atoms with Crippen molar-refractivity contribution in [2.45, 2.75) is 56.9 Å². The SMILES string of the molecule is CCCCCC(O)CCC1SCC(=O)N1C/C=C\COCC(=O)O. The van der Waals surface area contributed by atoms with Gasteiger partial charge in [0.15, 0.2) is 0 Å². The summed E-state index contributed by atoms with van der Waals surface area (Å²) in [6.45, 7) is 2.55. The number of amides is 1. The van der Waals surface area contributed by atoms with Gasteiger partial charge in [0.1, 0.15) is 6.61 Å². The third-order valence-corrected chi connectivity index (χ3v) is 5.15. The van der Waals surface area contributed by atoms with Crippen LogP contribution in [-0.4, -0.2) is 64.0 Å². The first kappa shape index (κ1) is 21.0. The summed E-state index contributed by atoms with van der Waals surface area (Å²) >= 11 is 1.62. The van der Waals surface area contributed by atoms with Crippen LogP contribution in [0, 0.1) is 0 Å². The van der Waals surface area contributed by atoms with Crippen molar-refractivity contribution in [1.82, 2.24) is 4.90 Å². The smallest absolute Gasteiger partial charge is 0.329 e. The summed E-state index contributed by atoms with van der Waals surface area (Å²) in [6.07, 6.45) is 8.98. The van der Waals surface area contributed by atoms with Crippen molar-refractivity contribution in [2.75, 3.05) is 25.5 Å². The number of nitrogens with zero attached hydrogens (tertiary/aromatic N) is 1. The van der Waals surface area contributed by atoms with Crippen molar-refractivity contribution >= 4 is 23.6 Å². The van der Waals surface area contributed by atoms with Crippen LogP contribution in [0.3, 0.4) is 0 Å². The summed E-state index contributed by atoms with van der Waals surface area (Å²) in [5, 5.41) is 18.6. The summed E-state index contributed by atoms with van der Waals surface area (Å²) < 4.78 is 4.91. The molecule has 0 aromatic carbocycles. The molecular formula is C17H29NO5S. The molecule has 2 unspecified atom stereocenters. The van der Waals surface area contributed by atoms with Gasteiger partial charge >= 0.3 is 5.97 Å². The Hall–Kier alpha value is -1.05. The van der Waals surface area contributed by atoms with E-state index < -0.39 is 5.97 Å². The number of carboxylic acid groups (broad SMARTS) is 1. The van der Waals surface area contributed by atoms with Crippen molar-refractivity contribution in [1.29, 1.82) is 0 Å². The first-order chi connectivity index (χ1) is 11.5. The highest BCUT2D eigenvalue weighted by Crippen LogP contribution is 2.29. The van der Waals surface area contributed by atoms with Crippen molar-refractivity contribution < 1.29 is 24.5 Å². The highest BCUT2D eigenvalue weighted by molar-refractivity contribution is 8.00. The first-order valence-electron chi connectivity index (χ1n) is 8.58. The molecule has 1 amide bonds. The number of carbonyl (C=O) groups excluding carboxylic acids is 1. The van der Waals surface area contributed by atoms with E-state index in [0.29, 0.717) is 12.3 Å². The standard InChI is InChI=1S/C17H29NO5S/c1-2-3-4-7-14(19)8-9-16-18(15(20)13-24-16)10-5-6-11-23-12-17(21)22/h5-6,14,16,19H,2-4,7-13H2,1H3,(H,21,22)/b6-5-. The molecule has 0 aromatic rings. The largest absolute Gasteiger partial charge is 0.480 e. The molecule has 138 valence electrons.